The Kier molecular flexibility index (Phi) is 3.56. The van der Waals surface area contributed by atoms with Crippen LogP contribution in [0.4, 0.5) is 0 Å². The van der Waals surface area contributed by atoms with Crippen LogP contribution in [-0.4, -0.2) is 36.7 Å². The first-order valence-electron chi connectivity index (χ1n) is 5.19. The first-order valence-corrected chi connectivity index (χ1v) is 6.34. The largest absolute Gasteiger partial charge is 0.472 e. The van der Waals surface area contributed by atoms with Crippen molar-refractivity contribution >= 4 is 17.7 Å². The minimum Gasteiger partial charge on any atom is -0.472 e. The first-order chi connectivity index (χ1) is 7.76. The van der Waals surface area contributed by atoms with Crippen LogP contribution in [0.5, 0.6) is 0 Å². The molecule has 1 aliphatic rings. The number of thioether (sulfide) groups is 1. The van der Waals surface area contributed by atoms with Gasteiger partial charge in [0.25, 0.3) is 5.91 Å². The van der Waals surface area contributed by atoms with Crippen molar-refractivity contribution in [3.63, 3.8) is 0 Å². The van der Waals surface area contributed by atoms with E-state index >= 15 is 0 Å². The molecule has 0 unspecified atom stereocenters. The van der Waals surface area contributed by atoms with Crippen LogP contribution < -0.4 is 5.32 Å². The van der Waals surface area contributed by atoms with Gasteiger partial charge in [-0.2, -0.15) is 11.8 Å². The predicted molar refractivity (Wildman–Crippen MR) is 62.7 cm³/mol. The number of methoxy groups -OCH3 is 1. The molecule has 5 heteroatoms. The third-order valence-corrected chi connectivity index (χ3v) is 4.08. The van der Waals surface area contributed by atoms with E-state index in [2.05, 4.69) is 5.32 Å². The van der Waals surface area contributed by atoms with E-state index in [0.29, 0.717) is 12.1 Å². The number of hydrogen-bond donors (Lipinski definition) is 1. The number of nitrogens with one attached hydrogen (secondary N) is 1. The highest BCUT2D eigenvalue weighted by Gasteiger charge is 2.34. The quantitative estimate of drug-likeness (QED) is 0.868. The Labute approximate surface area is 98.7 Å². The highest BCUT2D eigenvalue weighted by atomic mass is 32.2. The molecule has 2 heterocycles. The summed E-state index contributed by atoms with van der Waals surface area (Å²) in [5, 5.41) is 2.88. The molecule has 88 valence electrons. The molecule has 1 aliphatic heterocycles. The van der Waals surface area contributed by atoms with E-state index in [1.54, 1.807) is 13.2 Å². The summed E-state index contributed by atoms with van der Waals surface area (Å²) in [5.41, 5.74) is 0.362. The molecule has 1 N–H and O–H groups in total. The van der Waals surface area contributed by atoms with Crippen LogP contribution in [-0.2, 0) is 4.74 Å². The maximum absolute atomic E-state index is 11.7. The Balaban J connectivity index is 1.89. The zero-order valence-corrected chi connectivity index (χ0v) is 10.0. The van der Waals surface area contributed by atoms with Gasteiger partial charge in [-0.15, -0.1) is 0 Å². The molecule has 2 rings (SSSR count). The number of ether oxygens (including phenoxy) is 1. The molecule has 0 bridgehead atoms. The van der Waals surface area contributed by atoms with Gasteiger partial charge in [0.15, 0.2) is 0 Å². The second-order valence-electron chi connectivity index (χ2n) is 3.88. The van der Waals surface area contributed by atoms with Crippen LogP contribution in [0.1, 0.15) is 16.8 Å². The van der Waals surface area contributed by atoms with Gasteiger partial charge in [0, 0.05) is 19.4 Å². The maximum Gasteiger partial charge on any atom is 0.254 e. The smallest absolute Gasteiger partial charge is 0.254 e. The van der Waals surface area contributed by atoms with Crippen molar-refractivity contribution in [2.24, 2.45) is 0 Å². The Bertz CT molecular complexity index is 344. The minimum atomic E-state index is -0.190. The number of furan rings is 1. The van der Waals surface area contributed by atoms with Gasteiger partial charge in [0.1, 0.15) is 6.26 Å². The van der Waals surface area contributed by atoms with E-state index < -0.39 is 0 Å². The standard InChI is InChI=1S/C11H15NO3S/c1-14-11(3-5-16-8-11)7-12-10(13)9-2-4-15-6-9/h2,4,6H,3,5,7-8H2,1H3,(H,12,13)/t11-/m1/s1. The van der Waals surface area contributed by atoms with Crippen LogP contribution >= 0.6 is 11.8 Å². The zero-order valence-electron chi connectivity index (χ0n) is 9.19. The lowest BCUT2D eigenvalue weighted by atomic mass is 10.0. The van der Waals surface area contributed by atoms with E-state index in [9.17, 15) is 4.79 Å². The van der Waals surface area contributed by atoms with Crippen molar-refractivity contribution in [3.05, 3.63) is 24.2 Å². The molecule has 1 saturated heterocycles. The van der Waals surface area contributed by atoms with Crippen molar-refractivity contribution in [2.45, 2.75) is 12.0 Å². The van der Waals surface area contributed by atoms with E-state index in [1.165, 1.54) is 12.5 Å². The van der Waals surface area contributed by atoms with Gasteiger partial charge < -0.3 is 14.5 Å². The van der Waals surface area contributed by atoms with Gasteiger partial charge in [0.2, 0.25) is 0 Å². The summed E-state index contributed by atoms with van der Waals surface area (Å²) in [7, 11) is 1.70. The van der Waals surface area contributed by atoms with Gasteiger partial charge >= 0.3 is 0 Å². The van der Waals surface area contributed by atoms with Crippen LogP contribution in [0.2, 0.25) is 0 Å². The monoisotopic (exact) mass is 241 g/mol. The lowest BCUT2D eigenvalue weighted by molar-refractivity contribution is 0.0137. The Morgan fingerprint density at radius 1 is 1.75 bits per heavy atom. The Hall–Kier alpha value is -0.940. The summed E-state index contributed by atoms with van der Waals surface area (Å²) < 4.78 is 10.4. The van der Waals surface area contributed by atoms with Crippen molar-refractivity contribution in [1.29, 1.82) is 0 Å². The van der Waals surface area contributed by atoms with E-state index in [0.717, 1.165) is 17.9 Å². The third kappa shape index (κ3) is 2.41. The molecule has 1 aromatic heterocycles. The van der Waals surface area contributed by atoms with Gasteiger partial charge in [-0.3, -0.25) is 4.79 Å². The first kappa shape index (κ1) is 11.5. The van der Waals surface area contributed by atoms with E-state index in [-0.39, 0.29) is 11.5 Å². The van der Waals surface area contributed by atoms with Gasteiger partial charge in [-0.1, -0.05) is 0 Å². The molecular weight excluding hydrogens is 226 g/mol. The summed E-state index contributed by atoms with van der Waals surface area (Å²) in [6.07, 6.45) is 3.92. The van der Waals surface area contributed by atoms with Crippen molar-refractivity contribution in [3.8, 4) is 0 Å². The minimum absolute atomic E-state index is 0.109. The lowest BCUT2D eigenvalue weighted by Crippen LogP contribution is -2.44. The molecule has 0 aromatic carbocycles. The van der Waals surface area contributed by atoms with E-state index in [1.807, 2.05) is 11.8 Å². The maximum atomic E-state index is 11.7. The summed E-state index contributed by atoms with van der Waals surface area (Å²) in [5.74, 6) is 1.92. The molecule has 1 fully saturated rings. The number of hydrogen-bond acceptors (Lipinski definition) is 4. The molecule has 1 aromatic rings. The average molecular weight is 241 g/mol. The fourth-order valence-corrected chi connectivity index (χ4v) is 3.10. The van der Waals surface area contributed by atoms with Gasteiger partial charge in [-0.05, 0) is 18.2 Å². The number of amides is 1. The van der Waals surface area contributed by atoms with E-state index in [4.69, 9.17) is 9.15 Å². The molecule has 1 amide bonds. The number of carbonyl (C=O) groups excluding carboxylic acids is 1. The molecule has 4 nitrogen and oxygen atoms in total. The highest BCUT2D eigenvalue weighted by molar-refractivity contribution is 7.99. The molecule has 16 heavy (non-hydrogen) atoms. The zero-order chi connectivity index (χ0) is 11.4. The van der Waals surface area contributed by atoms with Gasteiger partial charge in [0.05, 0.1) is 17.4 Å². The van der Waals surface area contributed by atoms with Crippen LogP contribution in [0, 0.1) is 0 Å². The van der Waals surface area contributed by atoms with Crippen molar-refractivity contribution in [2.75, 3.05) is 25.2 Å². The Morgan fingerprint density at radius 2 is 2.62 bits per heavy atom. The molecule has 1 atom stereocenters. The molecule has 0 spiro atoms. The van der Waals surface area contributed by atoms with Crippen LogP contribution in [0.25, 0.3) is 0 Å². The normalized spacial score (nSPS) is 24.6. The SMILES string of the molecule is CO[C@@]1(CNC(=O)c2ccoc2)CCSC1. The number of carbonyl (C=O) groups is 1. The highest BCUT2D eigenvalue weighted by Crippen LogP contribution is 2.30. The Morgan fingerprint density at radius 3 is 3.19 bits per heavy atom. The van der Waals surface area contributed by atoms with Crippen LogP contribution in [0.15, 0.2) is 23.0 Å². The molecule has 0 radical (unpaired) electrons. The molecule has 0 aliphatic carbocycles. The van der Waals surface area contributed by atoms with Crippen molar-refractivity contribution < 1.29 is 13.9 Å². The second-order valence-corrected chi connectivity index (χ2v) is 4.99. The summed E-state index contributed by atoms with van der Waals surface area (Å²) in [6.45, 7) is 0.556. The molecule has 0 saturated carbocycles. The fraction of sp³-hybridized carbons (Fsp3) is 0.545. The van der Waals surface area contributed by atoms with Crippen molar-refractivity contribution in [1.82, 2.24) is 5.32 Å². The summed E-state index contributed by atoms with van der Waals surface area (Å²) in [6, 6.07) is 1.65. The molecular formula is C11H15NO3S. The lowest BCUT2D eigenvalue weighted by Gasteiger charge is -2.26. The summed E-state index contributed by atoms with van der Waals surface area (Å²) >= 11 is 1.86. The predicted octanol–water partition coefficient (Wildman–Crippen LogP) is 1.53. The number of rotatable bonds is 4. The second kappa shape index (κ2) is 4.93. The average Bonchev–Trinajstić information content (AvgIpc) is 2.98. The van der Waals surface area contributed by atoms with Crippen LogP contribution in [0.3, 0.4) is 0 Å². The van der Waals surface area contributed by atoms with Gasteiger partial charge in [-0.25, -0.2) is 0 Å². The topological polar surface area (TPSA) is 51.5 Å². The third-order valence-electron chi connectivity index (χ3n) is 2.85. The fourth-order valence-electron chi connectivity index (χ4n) is 1.70. The summed E-state index contributed by atoms with van der Waals surface area (Å²) in [4.78, 5) is 11.7.